The molecule has 0 aliphatic heterocycles. The monoisotopic (exact) mass is 354 g/mol. The van der Waals surface area contributed by atoms with E-state index in [9.17, 15) is 0 Å². The molecule has 0 amide bonds. The van der Waals surface area contributed by atoms with Gasteiger partial charge >= 0.3 is 0 Å². The normalized spacial score (nSPS) is 11.0. The summed E-state index contributed by atoms with van der Waals surface area (Å²) in [6.07, 6.45) is 1.69. The van der Waals surface area contributed by atoms with E-state index in [2.05, 4.69) is 15.3 Å². The van der Waals surface area contributed by atoms with Gasteiger partial charge in [0.1, 0.15) is 11.5 Å². The summed E-state index contributed by atoms with van der Waals surface area (Å²) in [4.78, 5) is 0. The van der Waals surface area contributed by atoms with E-state index in [-0.39, 0.29) is 0 Å². The summed E-state index contributed by atoms with van der Waals surface area (Å²) >= 11 is 5.30. The highest BCUT2D eigenvalue weighted by Gasteiger charge is 2.09. The molecule has 0 aliphatic carbocycles. The number of benzene rings is 2. The van der Waals surface area contributed by atoms with E-state index in [0.717, 1.165) is 22.6 Å². The van der Waals surface area contributed by atoms with Crippen LogP contribution in [0, 0.1) is 4.77 Å². The molecule has 1 aromatic heterocycles. The van der Waals surface area contributed by atoms with Gasteiger partial charge in [0.15, 0.2) is 5.82 Å². The lowest BCUT2D eigenvalue weighted by Crippen LogP contribution is -1.97. The van der Waals surface area contributed by atoms with Crippen LogP contribution in [0.1, 0.15) is 12.5 Å². The molecular weight excluding hydrogens is 336 g/mol. The van der Waals surface area contributed by atoms with Crippen LogP contribution >= 0.6 is 12.2 Å². The fourth-order valence-electron chi connectivity index (χ4n) is 2.37. The molecule has 128 valence electrons. The van der Waals surface area contributed by atoms with Crippen molar-refractivity contribution in [2.24, 2.45) is 5.10 Å². The summed E-state index contributed by atoms with van der Waals surface area (Å²) in [6.45, 7) is 2.54. The maximum Gasteiger partial charge on any atom is 0.216 e. The Bertz CT molecular complexity index is 946. The molecule has 1 heterocycles. The number of rotatable bonds is 6. The van der Waals surface area contributed by atoms with Crippen LogP contribution in [-0.2, 0) is 0 Å². The molecule has 0 saturated carbocycles. The van der Waals surface area contributed by atoms with E-state index in [0.29, 0.717) is 17.2 Å². The number of nitrogens with one attached hydrogen (secondary N) is 1. The smallest absolute Gasteiger partial charge is 0.216 e. The number of aromatic amines is 1. The number of H-pyrrole nitrogens is 1. The Morgan fingerprint density at radius 2 is 2.08 bits per heavy atom. The summed E-state index contributed by atoms with van der Waals surface area (Å²) in [6, 6.07) is 15.3. The van der Waals surface area contributed by atoms with Crippen molar-refractivity contribution >= 4 is 18.4 Å². The lowest BCUT2D eigenvalue weighted by atomic mass is 10.2. The number of ether oxygens (including phenoxy) is 2. The molecule has 25 heavy (non-hydrogen) atoms. The number of aromatic nitrogens is 3. The molecule has 0 atom stereocenters. The zero-order valence-electron chi connectivity index (χ0n) is 14.0. The first-order chi connectivity index (χ1) is 12.2. The van der Waals surface area contributed by atoms with Gasteiger partial charge in [0.25, 0.3) is 0 Å². The number of hydrogen-bond acceptors (Lipinski definition) is 5. The molecule has 0 saturated heterocycles. The lowest BCUT2D eigenvalue weighted by Gasteiger charge is -2.06. The van der Waals surface area contributed by atoms with Crippen LogP contribution in [0.5, 0.6) is 11.5 Å². The second-order valence-electron chi connectivity index (χ2n) is 5.11. The molecule has 3 rings (SSSR count). The zero-order valence-corrected chi connectivity index (χ0v) is 14.8. The minimum absolute atomic E-state index is 0.406. The van der Waals surface area contributed by atoms with Gasteiger partial charge in [-0.2, -0.15) is 14.9 Å². The largest absolute Gasteiger partial charge is 0.496 e. The van der Waals surface area contributed by atoms with Gasteiger partial charge in [0.2, 0.25) is 4.77 Å². The van der Waals surface area contributed by atoms with Gasteiger partial charge in [0.05, 0.1) is 19.9 Å². The van der Waals surface area contributed by atoms with Crippen molar-refractivity contribution in [1.82, 2.24) is 14.9 Å². The van der Waals surface area contributed by atoms with Gasteiger partial charge < -0.3 is 9.47 Å². The van der Waals surface area contributed by atoms with Crippen LogP contribution in [0.4, 0.5) is 0 Å². The van der Waals surface area contributed by atoms with Crippen LogP contribution in [-0.4, -0.2) is 34.8 Å². The van der Waals surface area contributed by atoms with E-state index in [1.165, 1.54) is 0 Å². The maximum atomic E-state index is 5.55. The Morgan fingerprint density at radius 3 is 2.88 bits per heavy atom. The number of methoxy groups -OCH3 is 1. The van der Waals surface area contributed by atoms with E-state index >= 15 is 0 Å². The Hall–Kier alpha value is -2.93. The van der Waals surface area contributed by atoms with Crippen LogP contribution in [0.2, 0.25) is 0 Å². The fraction of sp³-hybridized carbons (Fsp3) is 0.167. The molecule has 2 aromatic carbocycles. The molecule has 0 spiro atoms. The summed E-state index contributed by atoms with van der Waals surface area (Å²) in [5, 5.41) is 11.5. The first kappa shape index (κ1) is 16.9. The van der Waals surface area contributed by atoms with Gasteiger partial charge in [-0.15, -0.1) is 0 Å². The molecule has 0 aliphatic rings. The molecule has 0 bridgehead atoms. The third kappa shape index (κ3) is 3.77. The quantitative estimate of drug-likeness (QED) is 0.539. The highest BCUT2D eigenvalue weighted by molar-refractivity contribution is 7.71. The average Bonchev–Trinajstić information content (AvgIpc) is 3.01. The van der Waals surface area contributed by atoms with Crippen LogP contribution < -0.4 is 9.47 Å². The van der Waals surface area contributed by atoms with E-state index in [1.807, 2.05) is 55.5 Å². The van der Waals surface area contributed by atoms with Crippen molar-refractivity contribution in [3.8, 4) is 22.9 Å². The van der Waals surface area contributed by atoms with Crippen molar-refractivity contribution in [1.29, 1.82) is 0 Å². The number of para-hydroxylation sites is 1. The number of nitrogens with zero attached hydrogens (tertiary/aromatic N) is 3. The van der Waals surface area contributed by atoms with Crippen molar-refractivity contribution in [3.05, 3.63) is 58.9 Å². The van der Waals surface area contributed by atoms with Crippen molar-refractivity contribution in [2.45, 2.75) is 6.92 Å². The second-order valence-corrected chi connectivity index (χ2v) is 5.50. The SMILES string of the molecule is CCOc1cccc(-c2n[nH]c(=S)n2/N=C/c2ccccc2OC)c1. The predicted octanol–water partition coefficient (Wildman–Crippen LogP) is 3.90. The molecule has 0 radical (unpaired) electrons. The van der Waals surface area contributed by atoms with E-state index in [1.54, 1.807) is 18.0 Å². The average molecular weight is 354 g/mol. The Labute approximate surface area is 150 Å². The van der Waals surface area contributed by atoms with Crippen molar-refractivity contribution in [3.63, 3.8) is 0 Å². The second kappa shape index (κ2) is 7.76. The summed E-state index contributed by atoms with van der Waals surface area (Å²) < 4.78 is 12.9. The first-order valence-electron chi connectivity index (χ1n) is 7.81. The van der Waals surface area contributed by atoms with Gasteiger partial charge in [-0.3, -0.25) is 0 Å². The molecule has 3 aromatic rings. The molecule has 6 nitrogen and oxygen atoms in total. The molecule has 0 fully saturated rings. The molecule has 1 N–H and O–H groups in total. The highest BCUT2D eigenvalue weighted by Crippen LogP contribution is 2.23. The summed E-state index contributed by atoms with van der Waals surface area (Å²) in [7, 11) is 1.63. The summed E-state index contributed by atoms with van der Waals surface area (Å²) in [5.41, 5.74) is 1.71. The molecule has 7 heteroatoms. The van der Waals surface area contributed by atoms with Gasteiger partial charge in [-0.1, -0.05) is 24.3 Å². The Balaban J connectivity index is 1.99. The predicted molar refractivity (Wildman–Crippen MR) is 100 cm³/mol. The van der Waals surface area contributed by atoms with Crippen LogP contribution in [0.15, 0.2) is 53.6 Å². The fourth-order valence-corrected chi connectivity index (χ4v) is 2.55. The zero-order chi connectivity index (χ0) is 17.6. The minimum Gasteiger partial charge on any atom is -0.496 e. The van der Waals surface area contributed by atoms with Gasteiger partial charge in [0, 0.05) is 11.1 Å². The highest BCUT2D eigenvalue weighted by atomic mass is 32.1. The third-order valence-corrected chi connectivity index (χ3v) is 3.77. The minimum atomic E-state index is 0.406. The lowest BCUT2D eigenvalue weighted by molar-refractivity contribution is 0.340. The van der Waals surface area contributed by atoms with Crippen LogP contribution in [0.25, 0.3) is 11.4 Å². The molecule has 0 unspecified atom stereocenters. The van der Waals surface area contributed by atoms with E-state index < -0.39 is 0 Å². The standard InChI is InChI=1S/C18H18N4O2S/c1-3-24-15-9-6-8-13(11-15)17-20-21-18(25)22(17)19-12-14-7-4-5-10-16(14)23-2/h4-12H,3H2,1-2H3,(H,21,25)/b19-12+. The Kier molecular flexibility index (Phi) is 5.25. The van der Waals surface area contributed by atoms with Crippen molar-refractivity contribution < 1.29 is 9.47 Å². The van der Waals surface area contributed by atoms with Gasteiger partial charge in [-0.25, -0.2) is 5.10 Å². The van der Waals surface area contributed by atoms with Crippen LogP contribution in [0.3, 0.4) is 0 Å². The maximum absolute atomic E-state index is 5.55. The van der Waals surface area contributed by atoms with E-state index in [4.69, 9.17) is 21.7 Å². The molecular formula is C18H18N4O2S. The summed E-state index contributed by atoms with van der Waals surface area (Å²) in [5.74, 6) is 2.12. The van der Waals surface area contributed by atoms with Crippen molar-refractivity contribution in [2.75, 3.05) is 13.7 Å². The number of hydrogen-bond donors (Lipinski definition) is 1. The van der Waals surface area contributed by atoms with Gasteiger partial charge in [-0.05, 0) is 43.4 Å². The topological polar surface area (TPSA) is 64.4 Å². The Morgan fingerprint density at radius 1 is 1.24 bits per heavy atom. The third-order valence-electron chi connectivity index (χ3n) is 3.50. The first-order valence-corrected chi connectivity index (χ1v) is 8.21.